The van der Waals surface area contributed by atoms with E-state index >= 15 is 0 Å². The van der Waals surface area contributed by atoms with Crippen molar-refractivity contribution in [1.29, 1.82) is 0 Å². The largest absolute Gasteiger partial charge is 0.310 e. The van der Waals surface area contributed by atoms with Crippen LogP contribution in [0.15, 0.2) is 24.3 Å². The Kier molecular flexibility index (Phi) is 4.87. The fourth-order valence-electron chi connectivity index (χ4n) is 2.73. The van der Waals surface area contributed by atoms with E-state index in [0.717, 1.165) is 17.5 Å². The van der Waals surface area contributed by atoms with Gasteiger partial charge in [-0.05, 0) is 43.4 Å². The SMILES string of the molecule is CC(NCc1cccc(Cl)c1)C1CCCCC1. The summed E-state index contributed by atoms with van der Waals surface area (Å²) in [6.07, 6.45) is 7.03. The van der Waals surface area contributed by atoms with E-state index in [1.165, 1.54) is 37.7 Å². The van der Waals surface area contributed by atoms with Crippen LogP contribution < -0.4 is 5.32 Å². The molecule has 2 heteroatoms. The average Bonchev–Trinajstić information content (AvgIpc) is 2.37. The van der Waals surface area contributed by atoms with Crippen LogP contribution in [0.5, 0.6) is 0 Å². The quantitative estimate of drug-likeness (QED) is 0.837. The normalized spacial score (nSPS) is 19.2. The standard InChI is InChI=1S/C15H22ClN/c1-12(14-7-3-2-4-8-14)17-11-13-6-5-9-15(16)10-13/h5-6,9-10,12,14,17H,2-4,7-8,11H2,1H3. The molecule has 1 fully saturated rings. The highest BCUT2D eigenvalue weighted by molar-refractivity contribution is 6.30. The molecule has 0 spiro atoms. The van der Waals surface area contributed by atoms with Gasteiger partial charge in [0, 0.05) is 17.6 Å². The van der Waals surface area contributed by atoms with Gasteiger partial charge in [0.25, 0.3) is 0 Å². The molecular weight excluding hydrogens is 230 g/mol. The summed E-state index contributed by atoms with van der Waals surface area (Å²) in [5, 5.41) is 4.47. The Hall–Kier alpha value is -0.530. The van der Waals surface area contributed by atoms with Crippen molar-refractivity contribution in [2.45, 2.75) is 51.6 Å². The average molecular weight is 252 g/mol. The molecule has 17 heavy (non-hydrogen) atoms. The number of halogens is 1. The van der Waals surface area contributed by atoms with Gasteiger partial charge in [-0.15, -0.1) is 0 Å². The molecule has 0 bridgehead atoms. The van der Waals surface area contributed by atoms with Gasteiger partial charge in [0.1, 0.15) is 0 Å². The Bertz CT molecular complexity index is 345. The summed E-state index contributed by atoms with van der Waals surface area (Å²) in [5.41, 5.74) is 1.28. The van der Waals surface area contributed by atoms with E-state index in [4.69, 9.17) is 11.6 Å². The van der Waals surface area contributed by atoms with Crippen molar-refractivity contribution in [2.24, 2.45) is 5.92 Å². The summed E-state index contributed by atoms with van der Waals surface area (Å²) in [5.74, 6) is 0.864. The van der Waals surface area contributed by atoms with E-state index in [1.807, 2.05) is 18.2 Å². The summed E-state index contributed by atoms with van der Waals surface area (Å²) >= 11 is 5.98. The van der Waals surface area contributed by atoms with Crippen molar-refractivity contribution >= 4 is 11.6 Å². The van der Waals surface area contributed by atoms with Gasteiger partial charge in [-0.2, -0.15) is 0 Å². The zero-order chi connectivity index (χ0) is 12.1. The lowest BCUT2D eigenvalue weighted by Gasteiger charge is -2.28. The zero-order valence-corrected chi connectivity index (χ0v) is 11.3. The predicted molar refractivity (Wildman–Crippen MR) is 74.3 cm³/mol. The van der Waals surface area contributed by atoms with Crippen LogP contribution in [0, 0.1) is 5.92 Å². The molecule has 1 N–H and O–H groups in total. The molecular formula is C15H22ClN. The van der Waals surface area contributed by atoms with E-state index < -0.39 is 0 Å². The van der Waals surface area contributed by atoms with E-state index in [-0.39, 0.29) is 0 Å². The van der Waals surface area contributed by atoms with Crippen LogP contribution in [0.3, 0.4) is 0 Å². The first-order chi connectivity index (χ1) is 8.25. The van der Waals surface area contributed by atoms with Crippen molar-refractivity contribution in [3.63, 3.8) is 0 Å². The molecule has 1 aliphatic carbocycles. The van der Waals surface area contributed by atoms with Crippen molar-refractivity contribution in [2.75, 3.05) is 0 Å². The first-order valence-electron chi connectivity index (χ1n) is 6.73. The minimum atomic E-state index is 0.620. The summed E-state index contributed by atoms with van der Waals surface area (Å²) in [6.45, 7) is 3.25. The fourth-order valence-corrected chi connectivity index (χ4v) is 2.94. The number of benzene rings is 1. The molecule has 0 heterocycles. The maximum Gasteiger partial charge on any atom is 0.0409 e. The third-order valence-corrected chi connectivity index (χ3v) is 4.11. The van der Waals surface area contributed by atoms with E-state index in [9.17, 15) is 0 Å². The number of nitrogens with one attached hydrogen (secondary N) is 1. The Morgan fingerprint density at radius 3 is 2.76 bits per heavy atom. The second-order valence-electron chi connectivity index (χ2n) is 5.20. The highest BCUT2D eigenvalue weighted by atomic mass is 35.5. The second kappa shape index (κ2) is 6.42. The molecule has 1 aliphatic rings. The van der Waals surface area contributed by atoms with Crippen LogP contribution in [-0.4, -0.2) is 6.04 Å². The van der Waals surface area contributed by atoms with Crippen molar-refractivity contribution in [1.82, 2.24) is 5.32 Å². The lowest BCUT2D eigenvalue weighted by Crippen LogP contribution is -2.34. The molecule has 0 aromatic heterocycles. The monoisotopic (exact) mass is 251 g/mol. The third-order valence-electron chi connectivity index (χ3n) is 3.87. The van der Waals surface area contributed by atoms with E-state index in [2.05, 4.69) is 18.3 Å². The Morgan fingerprint density at radius 2 is 2.06 bits per heavy atom. The van der Waals surface area contributed by atoms with Crippen LogP contribution in [0.4, 0.5) is 0 Å². The highest BCUT2D eigenvalue weighted by Crippen LogP contribution is 2.26. The summed E-state index contributed by atoms with van der Waals surface area (Å²) < 4.78 is 0. The number of rotatable bonds is 4. The molecule has 2 rings (SSSR count). The molecule has 1 atom stereocenters. The van der Waals surface area contributed by atoms with Gasteiger partial charge in [-0.25, -0.2) is 0 Å². The maximum atomic E-state index is 5.98. The maximum absolute atomic E-state index is 5.98. The Morgan fingerprint density at radius 1 is 1.29 bits per heavy atom. The Labute approximate surface area is 110 Å². The molecule has 1 saturated carbocycles. The van der Waals surface area contributed by atoms with Gasteiger partial charge in [0.2, 0.25) is 0 Å². The lowest BCUT2D eigenvalue weighted by molar-refractivity contribution is 0.280. The lowest BCUT2D eigenvalue weighted by atomic mass is 9.84. The van der Waals surface area contributed by atoms with Crippen LogP contribution >= 0.6 is 11.6 Å². The van der Waals surface area contributed by atoms with Gasteiger partial charge >= 0.3 is 0 Å². The minimum absolute atomic E-state index is 0.620. The molecule has 1 unspecified atom stereocenters. The minimum Gasteiger partial charge on any atom is -0.310 e. The second-order valence-corrected chi connectivity index (χ2v) is 5.63. The molecule has 1 aromatic carbocycles. The van der Waals surface area contributed by atoms with Crippen LogP contribution in [0.2, 0.25) is 5.02 Å². The molecule has 0 aliphatic heterocycles. The van der Waals surface area contributed by atoms with Crippen LogP contribution in [0.25, 0.3) is 0 Å². The molecule has 0 amide bonds. The zero-order valence-electron chi connectivity index (χ0n) is 10.6. The van der Waals surface area contributed by atoms with Gasteiger partial charge < -0.3 is 5.32 Å². The van der Waals surface area contributed by atoms with Gasteiger partial charge in [0.15, 0.2) is 0 Å². The topological polar surface area (TPSA) is 12.0 Å². The fraction of sp³-hybridized carbons (Fsp3) is 0.600. The smallest absolute Gasteiger partial charge is 0.0409 e. The van der Waals surface area contributed by atoms with Gasteiger partial charge in [0.05, 0.1) is 0 Å². The van der Waals surface area contributed by atoms with Gasteiger partial charge in [-0.3, -0.25) is 0 Å². The first kappa shape index (κ1) is 12.9. The highest BCUT2D eigenvalue weighted by Gasteiger charge is 2.19. The molecule has 1 nitrogen and oxygen atoms in total. The van der Waals surface area contributed by atoms with Gasteiger partial charge in [-0.1, -0.05) is 43.0 Å². The molecule has 0 saturated heterocycles. The van der Waals surface area contributed by atoms with Crippen molar-refractivity contribution < 1.29 is 0 Å². The Balaban J connectivity index is 1.80. The summed E-state index contributed by atoms with van der Waals surface area (Å²) in [7, 11) is 0. The number of hydrogen-bond donors (Lipinski definition) is 1. The third kappa shape index (κ3) is 4.01. The molecule has 0 radical (unpaired) electrons. The molecule has 94 valence electrons. The van der Waals surface area contributed by atoms with E-state index in [0.29, 0.717) is 6.04 Å². The van der Waals surface area contributed by atoms with Crippen LogP contribution in [0.1, 0.15) is 44.6 Å². The van der Waals surface area contributed by atoms with Crippen molar-refractivity contribution in [3.05, 3.63) is 34.9 Å². The van der Waals surface area contributed by atoms with Crippen LogP contribution in [-0.2, 0) is 6.54 Å². The van der Waals surface area contributed by atoms with Crippen molar-refractivity contribution in [3.8, 4) is 0 Å². The predicted octanol–water partition coefficient (Wildman–Crippen LogP) is 4.40. The first-order valence-corrected chi connectivity index (χ1v) is 7.11. The number of hydrogen-bond acceptors (Lipinski definition) is 1. The summed E-state index contributed by atoms with van der Waals surface area (Å²) in [6, 6.07) is 8.74. The van der Waals surface area contributed by atoms with E-state index in [1.54, 1.807) is 0 Å². The molecule has 1 aromatic rings. The summed E-state index contributed by atoms with van der Waals surface area (Å²) in [4.78, 5) is 0.